The van der Waals surface area contributed by atoms with Crippen molar-refractivity contribution >= 4 is 15.9 Å². The second-order valence-corrected chi connectivity index (χ2v) is 10.8. The van der Waals surface area contributed by atoms with Crippen molar-refractivity contribution in [1.29, 1.82) is 0 Å². The number of rotatable bonds is 8. The maximum absolute atomic E-state index is 13.3. The van der Waals surface area contributed by atoms with Crippen molar-refractivity contribution in [3.8, 4) is 0 Å². The molecular formula is C22H34FN3O6S. The van der Waals surface area contributed by atoms with Crippen molar-refractivity contribution in [2.45, 2.75) is 54.9 Å². The van der Waals surface area contributed by atoms with Crippen LogP contribution in [0, 0.1) is 5.82 Å². The molecule has 2 heterocycles. The Morgan fingerprint density at radius 2 is 1.97 bits per heavy atom. The molecule has 2 aliphatic heterocycles. The monoisotopic (exact) mass is 487 g/mol. The summed E-state index contributed by atoms with van der Waals surface area (Å²) in [4.78, 5) is 14.3. The van der Waals surface area contributed by atoms with E-state index in [0.29, 0.717) is 19.4 Å². The minimum absolute atomic E-state index is 0.0287. The summed E-state index contributed by atoms with van der Waals surface area (Å²) < 4.78 is 52.9. The number of ether oxygens (including phenoxy) is 2. The lowest BCUT2D eigenvalue weighted by atomic mass is 9.96. The molecule has 0 bridgehead atoms. The number of hydrogen-bond donors (Lipinski definition) is 2. The van der Waals surface area contributed by atoms with Gasteiger partial charge in [-0.2, -0.15) is 4.31 Å². The Morgan fingerprint density at radius 1 is 1.24 bits per heavy atom. The average Bonchev–Trinajstić information content (AvgIpc) is 2.74. The van der Waals surface area contributed by atoms with E-state index >= 15 is 0 Å². The highest BCUT2D eigenvalue weighted by Crippen LogP contribution is 2.31. The predicted molar refractivity (Wildman–Crippen MR) is 120 cm³/mol. The van der Waals surface area contributed by atoms with Crippen LogP contribution in [0.2, 0.25) is 0 Å². The van der Waals surface area contributed by atoms with E-state index in [1.165, 1.54) is 16.4 Å². The maximum atomic E-state index is 13.3. The van der Waals surface area contributed by atoms with Gasteiger partial charge >= 0.3 is 0 Å². The van der Waals surface area contributed by atoms with E-state index in [-0.39, 0.29) is 43.1 Å². The summed E-state index contributed by atoms with van der Waals surface area (Å²) in [7, 11) is -0.0445. The third-order valence-electron chi connectivity index (χ3n) is 5.87. The minimum Gasteiger partial charge on any atom is -0.389 e. The first kappa shape index (κ1) is 26.0. The van der Waals surface area contributed by atoms with Crippen molar-refractivity contribution in [3.05, 3.63) is 30.1 Å². The van der Waals surface area contributed by atoms with E-state index in [9.17, 15) is 22.7 Å². The summed E-state index contributed by atoms with van der Waals surface area (Å²) in [6.45, 7) is 1.39. The molecule has 2 N–H and O–H groups in total. The zero-order valence-electron chi connectivity index (χ0n) is 19.2. The van der Waals surface area contributed by atoms with Gasteiger partial charge < -0.3 is 24.8 Å². The van der Waals surface area contributed by atoms with Crippen LogP contribution in [-0.2, 0) is 24.3 Å². The van der Waals surface area contributed by atoms with E-state index in [1.807, 2.05) is 19.0 Å². The number of aliphatic hydroxyl groups is 1. The summed E-state index contributed by atoms with van der Waals surface area (Å²) in [6.07, 6.45) is 0.0838. The van der Waals surface area contributed by atoms with Gasteiger partial charge in [-0.3, -0.25) is 4.79 Å². The van der Waals surface area contributed by atoms with Crippen LogP contribution in [0.5, 0.6) is 0 Å². The fourth-order valence-corrected chi connectivity index (χ4v) is 5.93. The molecule has 0 unspecified atom stereocenters. The highest BCUT2D eigenvalue weighted by atomic mass is 32.2. The summed E-state index contributed by atoms with van der Waals surface area (Å²) in [5.41, 5.74) is 0. The zero-order chi connectivity index (χ0) is 24.0. The van der Waals surface area contributed by atoms with Crippen molar-refractivity contribution < 1.29 is 32.2 Å². The number of carbonyl (C=O) groups is 1. The number of benzene rings is 1. The standard InChI is InChI=1S/C22H34FN3O6S/c1-25(2)11-3-10-24-22(28)12-18-6-9-20-21(32-18)15-31-14-17(27)13-26(20)33(29,30)19-7-4-16(23)5-8-19/h4-5,7-8,17-18,20-21,27H,3,6,9-15H2,1-2H3,(H,24,28)/t17-,18+,20+,21-/m1/s1. The summed E-state index contributed by atoms with van der Waals surface area (Å²) in [5.74, 6) is -0.632. The molecule has 1 aromatic rings. The number of amides is 1. The second-order valence-electron chi connectivity index (χ2n) is 8.87. The minimum atomic E-state index is -4.00. The quantitative estimate of drug-likeness (QED) is 0.517. The molecule has 0 aliphatic carbocycles. The first-order chi connectivity index (χ1) is 15.7. The topological polar surface area (TPSA) is 108 Å². The Morgan fingerprint density at radius 3 is 2.67 bits per heavy atom. The molecule has 1 amide bonds. The predicted octanol–water partition coefficient (Wildman–Crippen LogP) is 0.582. The van der Waals surface area contributed by atoms with Gasteiger partial charge in [0.2, 0.25) is 15.9 Å². The normalized spacial score (nSPS) is 26.9. The van der Waals surface area contributed by atoms with Crippen LogP contribution in [0.25, 0.3) is 0 Å². The maximum Gasteiger partial charge on any atom is 0.243 e. The molecule has 2 aliphatic rings. The van der Waals surface area contributed by atoms with Gasteiger partial charge in [0.05, 0.1) is 48.9 Å². The molecule has 3 rings (SSSR count). The molecule has 0 radical (unpaired) electrons. The summed E-state index contributed by atoms with van der Waals surface area (Å²) in [5, 5.41) is 13.1. The van der Waals surface area contributed by atoms with Crippen molar-refractivity contribution in [2.24, 2.45) is 0 Å². The largest absolute Gasteiger partial charge is 0.389 e. The first-order valence-electron chi connectivity index (χ1n) is 11.3. The van der Waals surface area contributed by atoms with Crippen molar-refractivity contribution in [3.63, 3.8) is 0 Å². The highest BCUT2D eigenvalue weighted by molar-refractivity contribution is 7.89. The van der Waals surface area contributed by atoms with Crippen LogP contribution in [0.1, 0.15) is 25.7 Å². The number of carbonyl (C=O) groups excluding carboxylic acids is 1. The van der Waals surface area contributed by atoms with E-state index in [1.54, 1.807) is 0 Å². The molecule has 4 atom stereocenters. The number of nitrogens with one attached hydrogen (secondary N) is 1. The Kier molecular flexibility index (Phi) is 9.19. The number of halogens is 1. The Bertz CT molecular complexity index is 883. The van der Waals surface area contributed by atoms with E-state index < -0.39 is 34.1 Å². The molecule has 0 spiro atoms. The van der Waals surface area contributed by atoms with Crippen LogP contribution < -0.4 is 5.32 Å². The lowest BCUT2D eigenvalue weighted by molar-refractivity contribution is -0.146. The molecule has 11 heteroatoms. The van der Waals surface area contributed by atoms with Crippen LogP contribution >= 0.6 is 0 Å². The van der Waals surface area contributed by atoms with Crippen LogP contribution in [0.4, 0.5) is 4.39 Å². The molecule has 2 saturated heterocycles. The molecule has 0 saturated carbocycles. The molecular weight excluding hydrogens is 453 g/mol. The number of aliphatic hydroxyl groups excluding tert-OH is 1. The van der Waals surface area contributed by atoms with Gasteiger partial charge in [0.25, 0.3) is 0 Å². The fraction of sp³-hybridized carbons (Fsp3) is 0.682. The van der Waals surface area contributed by atoms with Gasteiger partial charge in [0, 0.05) is 13.1 Å². The third kappa shape index (κ3) is 7.17. The number of sulfonamides is 1. The van der Waals surface area contributed by atoms with Gasteiger partial charge in [0.15, 0.2) is 0 Å². The van der Waals surface area contributed by atoms with Crippen LogP contribution in [0.15, 0.2) is 29.2 Å². The van der Waals surface area contributed by atoms with Gasteiger partial charge in [-0.15, -0.1) is 0 Å². The molecule has 9 nitrogen and oxygen atoms in total. The molecule has 0 aromatic heterocycles. The highest BCUT2D eigenvalue weighted by Gasteiger charge is 2.43. The Balaban J connectivity index is 1.67. The molecule has 1 aromatic carbocycles. The number of hydrogen-bond acceptors (Lipinski definition) is 7. The Labute approximate surface area is 194 Å². The van der Waals surface area contributed by atoms with Crippen LogP contribution in [-0.4, -0.2) is 99.9 Å². The smallest absolute Gasteiger partial charge is 0.243 e. The first-order valence-corrected chi connectivity index (χ1v) is 12.7. The van der Waals surface area contributed by atoms with Gasteiger partial charge in [-0.05, 0) is 64.2 Å². The number of β-amino-alcohol motifs (C(OH)–C–C–N with tert-alkyl or cyclic N) is 1. The number of nitrogens with zero attached hydrogens (tertiary/aromatic N) is 2. The molecule has 2 fully saturated rings. The lowest BCUT2D eigenvalue weighted by Crippen LogP contribution is -2.57. The van der Waals surface area contributed by atoms with E-state index in [4.69, 9.17) is 9.47 Å². The van der Waals surface area contributed by atoms with Gasteiger partial charge in [-0.1, -0.05) is 0 Å². The van der Waals surface area contributed by atoms with E-state index in [2.05, 4.69) is 5.32 Å². The SMILES string of the molecule is CN(C)CCCNC(=O)C[C@@H]1CC[C@H]2[C@@H](COC[C@H](O)CN2S(=O)(=O)c2ccc(F)cc2)O1. The summed E-state index contributed by atoms with van der Waals surface area (Å²) >= 11 is 0. The lowest BCUT2D eigenvalue weighted by Gasteiger charge is -2.43. The number of fused-ring (bicyclic) bond motifs is 1. The molecule has 186 valence electrons. The zero-order valence-corrected chi connectivity index (χ0v) is 20.0. The van der Waals surface area contributed by atoms with Gasteiger partial charge in [-0.25, -0.2) is 12.8 Å². The van der Waals surface area contributed by atoms with Crippen molar-refractivity contribution in [1.82, 2.24) is 14.5 Å². The molecule has 33 heavy (non-hydrogen) atoms. The van der Waals surface area contributed by atoms with Gasteiger partial charge in [0.1, 0.15) is 5.82 Å². The Hall–Kier alpha value is -1.63. The summed E-state index contributed by atoms with van der Waals surface area (Å²) in [6, 6.07) is 4.06. The van der Waals surface area contributed by atoms with Crippen molar-refractivity contribution in [2.75, 3.05) is 46.9 Å². The average molecular weight is 488 g/mol. The second kappa shape index (κ2) is 11.7. The van der Waals surface area contributed by atoms with Crippen LogP contribution in [0.3, 0.4) is 0 Å². The third-order valence-corrected chi connectivity index (χ3v) is 7.78. The fourth-order valence-electron chi connectivity index (χ4n) is 4.21. The van der Waals surface area contributed by atoms with E-state index in [0.717, 1.165) is 25.1 Å².